The van der Waals surface area contributed by atoms with Gasteiger partial charge in [-0.2, -0.15) is 0 Å². The maximum absolute atomic E-state index is 13.4. The minimum Gasteiger partial charge on any atom is -0.382 e. The van der Waals surface area contributed by atoms with E-state index in [-0.39, 0.29) is 21.6 Å². The zero-order chi connectivity index (χ0) is 23.5. The second kappa shape index (κ2) is 9.67. The molecule has 4 rings (SSSR count). The number of aromatic nitrogens is 2. The quantitative estimate of drug-likeness (QED) is 0.478. The number of carbonyl (C=O) groups is 2. The number of piperidine rings is 1. The third-order valence-electron chi connectivity index (χ3n) is 5.58. The first-order chi connectivity index (χ1) is 15.8. The van der Waals surface area contributed by atoms with Gasteiger partial charge in [-0.05, 0) is 57.1 Å². The van der Waals surface area contributed by atoms with Crippen molar-refractivity contribution >= 4 is 39.7 Å². The number of ketones is 1. The molecule has 0 radical (unpaired) electrons. The maximum atomic E-state index is 13.4. The Morgan fingerprint density at radius 1 is 1.24 bits per heavy atom. The molecular formula is C22H25FN6O3S. The zero-order valence-electron chi connectivity index (χ0n) is 18.2. The molecular weight excluding hydrogens is 447 g/mol. The number of nitrogens with zero attached hydrogens (tertiary/aromatic N) is 4. The molecule has 4 N–H and O–H groups in total. The topological polar surface area (TPSA) is 132 Å². The number of rotatable bonds is 8. The average molecular weight is 473 g/mol. The van der Waals surface area contributed by atoms with Crippen molar-refractivity contribution in [1.29, 1.82) is 0 Å². The van der Waals surface area contributed by atoms with Crippen LogP contribution in [0.3, 0.4) is 0 Å². The Bertz CT molecular complexity index is 1140. The number of benzene rings is 1. The highest BCUT2D eigenvalue weighted by Crippen LogP contribution is 2.36. The standard InChI is InChI=1S/C22H25FN6O3S/c1-13(21(25)31)29(16-7-5-14(23)6-8-16)22-26-20(24)19(33-22)18(30)17-11-15(27-32-17)12-28-9-3-2-4-10-28/h5-8,11,13H,2-4,9-10,12,24H2,1H3,(H2,25,31)/t13-/m1/s1. The van der Waals surface area contributed by atoms with Crippen LogP contribution < -0.4 is 16.4 Å². The van der Waals surface area contributed by atoms with Gasteiger partial charge in [-0.25, -0.2) is 9.37 Å². The Balaban J connectivity index is 1.59. The van der Waals surface area contributed by atoms with E-state index >= 15 is 0 Å². The van der Waals surface area contributed by atoms with Crippen LogP contribution in [-0.2, 0) is 11.3 Å². The molecule has 0 unspecified atom stereocenters. The molecule has 3 heterocycles. The molecule has 3 aromatic rings. The number of thiazole rings is 1. The lowest BCUT2D eigenvalue weighted by Crippen LogP contribution is -2.39. The van der Waals surface area contributed by atoms with Gasteiger partial charge in [-0.3, -0.25) is 14.5 Å². The summed E-state index contributed by atoms with van der Waals surface area (Å²) in [6, 6.07) is 6.33. The summed E-state index contributed by atoms with van der Waals surface area (Å²) in [5.41, 5.74) is 12.7. The van der Waals surface area contributed by atoms with Gasteiger partial charge in [0, 0.05) is 18.3 Å². The molecule has 9 nitrogen and oxygen atoms in total. The smallest absolute Gasteiger partial charge is 0.244 e. The van der Waals surface area contributed by atoms with E-state index in [1.54, 1.807) is 13.0 Å². The Morgan fingerprint density at radius 2 is 1.94 bits per heavy atom. The van der Waals surface area contributed by atoms with Gasteiger partial charge in [0.25, 0.3) is 0 Å². The first kappa shape index (κ1) is 22.9. The molecule has 174 valence electrons. The van der Waals surface area contributed by atoms with Gasteiger partial charge in [0.1, 0.15) is 22.6 Å². The van der Waals surface area contributed by atoms with Crippen LogP contribution in [0.4, 0.5) is 21.0 Å². The fraction of sp³-hybridized carbons (Fsp3) is 0.364. The molecule has 0 saturated carbocycles. The van der Waals surface area contributed by atoms with Crippen molar-refractivity contribution in [2.45, 2.75) is 38.8 Å². The van der Waals surface area contributed by atoms with Crippen molar-refractivity contribution < 1.29 is 18.5 Å². The van der Waals surface area contributed by atoms with Crippen molar-refractivity contribution in [3.63, 3.8) is 0 Å². The number of nitrogens with two attached hydrogens (primary N) is 2. The van der Waals surface area contributed by atoms with E-state index in [1.165, 1.54) is 35.6 Å². The highest BCUT2D eigenvalue weighted by molar-refractivity contribution is 7.18. The SMILES string of the molecule is C[C@H](C(N)=O)N(c1ccc(F)cc1)c1nc(N)c(C(=O)c2cc(CN3CCCCC3)no2)s1. The molecule has 1 fully saturated rings. The lowest BCUT2D eigenvalue weighted by Gasteiger charge is -2.26. The number of halogens is 1. The lowest BCUT2D eigenvalue weighted by atomic mass is 10.1. The third kappa shape index (κ3) is 5.04. The number of anilines is 3. The number of primary amides is 1. The van der Waals surface area contributed by atoms with E-state index in [2.05, 4.69) is 15.0 Å². The fourth-order valence-electron chi connectivity index (χ4n) is 3.77. The number of nitrogen functional groups attached to an aromatic ring is 1. The highest BCUT2D eigenvalue weighted by Gasteiger charge is 2.29. The highest BCUT2D eigenvalue weighted by atomic mass is 32.1. The summed E-state index contributed by atoms with van der Waals surface area (Å²) in [7, 11) is 0. The van der Waals surface area contributed by atoms with Crippen LogP contribution in [0.2, 0.25) is 0 Å². The minimum absolute atomic E-state index is 0.00207. The fourth-order valence-corrected chi connectivity index (χ4v) is 4.80. The first-order valence-electron chi connectivity index (χ1n) is 10.7. The summed E-state index contributed by atoms with van der Waals surface area (Å²) < 4.78 is 18.7. The second-order valence-electron chi connectivity index (χ2n) is 7.98. The molecule has 0 aliphatic carbocycles. The van der Waals surface area contributed by atoms with E-state index < -0.39 is 23.5 Å². The molecule has 1 amide bonds. The Kier molecular flexibility index (Phi) is 6.70. The van der Waals surface area contributed by atoms with Crippen molar-refractivity contribution in [3.8, 4) is 0 Å². The zero-order valence-corrected chi connectivity index (χ0v) is 19.0. The van der Waals surface area contributed by atoms with E-state index in [0.717, 1.165) is 37.3 Å². The van der Waals surface area contributed by atoms with Gasteiger partial charge >= 0.3 is 0 Å². The monoisotopic (exact) mass is 472 g/mol. The molecule has 0 bridgehead atoms. The summed E-state index contributed by atoms with van der Waals surface area (Å²) in [6.45, 7) is 4.21. The van der Waals surface area contributed by atoms with Crippen LogP contribution >= 0.6 is 11.3 Å². The lowest BCUT2D eigenvalue weighted by molar-refractivity contribution is -0.118. The summed E-state index contributed by atoms with van der Waals surface area (Å²) in [5, 5.41) is 4.31. The van der Waals surface area contributed by atoms with Crippen molar-refractivity contribution in [1.82, 2.24) is 15.0 Å². The Labute approximate surface area is 194 Å². The number of amides is 1. The maximum Gasteiger partial charge on any atom is 0.244 e. The summed E-state index contributed by atoms with van der Waals surface area (Å²) >= 11 is 1.00. The molecule has 1 saturated heterocycles. The first-order valence-corrected chi connectivity index (χ1v) is 11.5. The van der Waals surface area contributed by atoms with Gasteiger partial charge in [-0.15, -0.1) is 0 Å². The number of likely N-dealkylation sites (tertiary alicyclic amines) is 1. The van der Waals surface area contributed by atoms with Gasteiger partial charge in [0.05, 0.1) is 5.69 Å². The largest absolute Gasteiger partial charge is 0.382 e. The number of hydrogen-bond donors (Lipinski definition) is 2. The normalized spacial score (nSPS) is 15.3. The van der Waals surface area contributed by atoms with Crippen LogP contribution in [0.15, 0.2) is 34.9 Å². The second-order valence-corrected chi connectivity index (χ2v) is 8.96. The molecule has 2 aromatic heterocycles. The van der Waals surface area contributed by atoms with Gasteiger partial charge < -0.3 is 20.9 Å². The van der Waals surface area contributed by atoms with Crippen LogP contribution in [0, 0.1) is 5.82 Å². The van der Waals surface area contributed by atoms with Crippen LogP contribution in [0.1, 0.15) is 47.3 Å². The summed E-state index contributed by atoms with van der Waals surface area (Å²) in [4.78, 5) is 33.2. The molecule has 1 aromatic carbocycles. The third-order valence-corrected chi connectivity index (χ3v) is 6.64. The van der Waals surface area contributed by atoms with E-state index in [4.69, 9.17) is 16.0 Å². The minimum atomic E-state index is -0.814. The van der Waals surface area contributed by atoms with Crippen LogP contribution in [0.25, 0.3) is 0 Å². The van der Waals surface area contributed by atoms with Crippen molar-refractivity contribution in [3.05, 3.63) is 52.5 Å². The van der Waals surface area contributed by atoms with Crippen LogP contribution in [-0.4, -0.2) is 45.9 Å². The molecule has 1 atom stereocenters. The number of hydrogen-bond acceptors (Lipinski definition) is 9. The van der Waals surface area contributed by atoms with Crippen LogP contribution in [0.5, 0.6) is 0 Å². The molecule has 33 heavy (non-hydrogen) atoms. The average Bonchev–Trinajstić information content (AvgIpc) is 3.42. The number of carbonyl (C=O) groups excluding carboxylic acids is 2. The van der Waals surface area contributed by atoms with E-state index in [0.29, 0.717) is 17.9 Å². The summed E-state index contributed by atoms with van der Waals surface area (Å²) in [5.74, 6) is -1.42. The Hall–Kier alpha value is -3.31. The predicted octanol–water partition coefficient (Wildman–Crippen LogP) is 3.08. The molecule has 1 aliphatic heterocycles. The molecule has 0 spiro atoms. The molecule has 1 aliphatic rings. The van der Waals surface area contributed by atoms with Gasteiger partial charge in [0.15, 0.2) is 5.13 Å². The van der Waals surface area contributed by atoms with E-state index in [9.17, 15) is 14.0 Å². The predicted molar refractivity (Wildman–Crippen MR) is 123 cm³/mol. The summed E-state index contributed by atoms with van der Waals surface area (Å²) in [6.07, 6.45) is 3.53. The van der Waals surface area contributed by atoms with Gasteiger partial charge in [-0.1, -0.05) is 22.9 Å². The van der Waals surface area contributed by atoms with E-state index in [1.807, 2.05) is 0 Å². The van der Waals surface area contributed by atoms with Crippen molar-refractivity contribution in [2.75, 3.05) is 23.7 Å². The van der Waals surface area contributed by atoms with Crippen molar-refractivity contribution in [2.24, 2.45) is 5.73 Å². The Morgan fingerprint density at radius 3 is 2.61 bits per heavy atom. The van der Waals surface area contributed by atoms with Gasteiger partial charge in [0.2, 0.25) is 17.5 Å². The molecule has 11 heteroatoms.